The topological polar surface area (TPSA) is 74.8 Å². The molecule has 5 nitrogen and oxygen atoms in total. The van der Waals surface area contributed by atoms with E-state index in [1.54, 1.807) is 6.92 Å². The number of Topliss-reactive ketones (excluding diaryl/α,β-unsaturated/α-hetero) is 1. The molecule has 1 amide bonds. The van der Waals surface area contributed by atoms with E-state index < -0.39 is 5.41 Å². The summed E-state index contributed by atoms with van der Waals surface area (Å²) in [5.74, 6) is 0.518. The second kappa shape index (κ2) is 4.16. The zero-order valence-electron chi connectivity index (χ0n) is 11.8. The van der Waals surface area contributed by atoms with Gasteiger partial charge in [0.05, 0.1) is 11.0 Å². The summed E-state index contributed by atoms with van der Waals surface area (Å²) in [5.41, 5.74) is 2.01. The summed E-state index contributed by atoms with van der Waals surface area (Å²) in [6, 6.07) is 3.71. The predicted octanol–water partition coefficient (Wildman–Crippen LogP) is 2.31. The number of carbonyl (C=O) groups is 2. The molecule has 1 aliphatic heterocycles. The van der Waals surface area contributed by atoms with Crippen LogP contribution in [0.5, 0.6) is 0 Å². The minimum Gasteiger partial charge on any atom is -0.342 e. The van der Waals surface area contributed by atoms with E-state index in [1.165, 1.54) is 6.92 Å². The van der Waals surface area contributed by atoms with Gasteiger partial charge in [-0.25, -0.2) is 4.98 Å². The molecule has 0 aliphatic carbocycles. The number of benzene rings is 1. The number of carbonyl (C=O) groups excluding carboxylic acids is 2. The number of imidazole rings is 1. The highest BCUT2D eigenvalue weighted by Crippen LogP contribution is 2.40. The highest BCUT2D eigenvalue weighted by atomic mass is 16.2. The first-order chi connectivity index (χ1) is 9.46. The summed E-state index contributed by atoms with van der Waals surface area (Å²) < 4.78 is 0. The van der Waals surface area contributed by atoms with Crippen LogP contribution < -0.4 is 5.32 Å². The van der Waals surface area contributed by atoms with Crippen molar-refractivity contribution in [3.05, 3.63) is 23.5 Å². The predicted molar refractivity (Wildman–Crippen MR) is 76.8 cm³/mol. The Morgan fingerprint density at radius 2 is 2.15 bits per heavy atom. The van der Waals surface area contributed by atoms with Crippen molar-refractivity contribution in [2.75, 3.05) is 5.32 Å². The maximum Gasteiger partial charge on any atom is 0.242 e. The lowest BCUT2D eigenvalue weighted by molar-refractivity contribution is -0.130. The molecule has 0 radical (unpaired) electrons. The van der Waals surface area contributed by atoms with Crippen molar-refractivity contribution >= 4 is 28.4 Å². The van der Waals surface area contributed by atoms with Crippen LogP contribution in [0.2, 0.25) is 0 Å². The summed E-state index contributed by atoms with van der Waals surface area (Å²) in [6.45, 7) is 5.22. The maximum absolute atomic E-state index is 12.1. The zero-order valence-corrected chi connectivity index (χ0v) is 11.8. The van der Waals surface area contributed by atoms with E-state index in [1.807, 2.05) is 12.1 Å². The lowest BCUT2D eigenvalue weighted by Gasteiger charge is -2.17. The normalized spacial score (nSPS) is 21.1. The Labute approximate surface area is 116 Å². The number of rotatable bonds is 3. The third-order valence-corrected chi connectivity index (χ3v) is 4.10. The molecule has 1 atom stereocenters. The molecule has 2 aromatic rings. The van der Waals surface area contributed by atoms with Crippen LogP contribution in [0.3, 0.4) is 0 Å². The van der Waals surface area contributed by atoms with E-state index in [0.717, 1.165) is 35.3 Å². The van der Waals surface area contributed by atoms with Gasteiger partial charge in [-0.3, -0.25) is 9.59 Å². The lowest BCUT2D eigenvalue weighted by Crippen LogP contribution is -2.37. The quantitative estimate of drug-likeness (QED) is 0.841. The van der Waals surface area contributed by atoms with Crippen molar-refractivity contribution in [1.29, 1.82) is 0 Å². The fourth-order valence-corrected chi connectivity index (χ4v) is 2.70. The Morgan fingerprint density at radius 3 is 2.80 bits per heavy atom. The van der Waals surface area contributed by atoms with Gasteiger partial charge in [0.1, 0.15) is 17.0 Å². The molecule has 0 bridgehead atoms. The minimum atomic E-state index is -1.10. The van der Waals surface area contributed by atoms with E-state index in [2.05, 4.69) is 22.2 Å². The van der Waals surface area contributed by atoms with Crippen LogP contribution >= 0.6 is 0 Å². The number of aromatic amines is 1. The van der Waals surface area contributed by atoms with E-state index in [9.17, 15) is 9.59 Å². The van der Waals surface area contributed by atoms with E-state index in [-0.39, 0.29) is 11.7 Å². The number of amides is 1. The number of hydrogen-bond acceptors (Lipinski definition) is 3. The van der Waals surface area contributed by atoms with Crippen LogP contribution in [-0.2, 0) is 21.4 Å². The minimum absolute atomic E-state index is 0.151. The Hall–Kier alpha value is -2.17. The van der Waals surface area contributed by atoms with Crippen molar-refractivity contribution < 1.29 is 9.59 Å². The number of nitrogens with zero attached hydrogens (tertiary/aromatic N) is 1. The first-order valence-corrected chi connectivity index (χ1v) is 6.82. The monoisotopic (exact) mass is 271 g/mol. The second-order valence-corrected chi connectivity index (χ2v) is 5.48. The summed E-state index contributed by atoms with van der Waals surface area (Å²) >= 11 is 0. The van der Waals surface area contributed by atoms with Crippen LogP contribution in [0.15, 0.2) is 12.1 Å². The van der Waals surface area contributed by atoms with Gasteiger partial charge >= 0.3 is 0 Å². The third-order valence-electron chi connectivity index (χ3n) is 4.10. The molecule has 2 heterocycles. The first kappa shape index (κ1) is 12.8. The molecule has 1 aromatic carbocycles. The lowest BCUT2D eigenvalue weighted by atomic mass is 9.80. The Morgan fingerprint density at radius 1 is 1.40 bits per heavy atom. The SMILES string of the molecule is CCCc1nc2cc3c(cc2[nH]1)C(C)(C(C)=O)C(=O)N3. The number of aromatic nitrogens is 2. The Bertz CT molecular complexity index is 732. The highest BCUT2D eigenvalue weighted by Gasteiger charge is 2.47. The number of hydrogen-bond donors (Lipinski definition) is 2. The van der Waals surface area contributed by atoms with Crippen LogP contribution in [0.1, 0.15) is 38.6 Å². The van der Waals surface area contributed by atoms with Crippen LogP contribution in [0.4, 0.5) is 5.69 Å². The molecule has 0 spiro atoms. The average Bonchev–Trinajstić information content (AvgIpc) is 2.88. The van der Waals surface area contributed by atoms with Gasteiger partial charge in [0.15, 0.2) is 0 Å². The molecule has 2 N–H and O–H groups in total. The van der Waals surface area contributed by atoms with E-state index in [0.29, 0.717) is 5.69 Å². The molecule has 20 heavy (non-hydrogen) atoms. The summed E-state index contributed by atoms with van der Waals surface area (Å²) in [7, 11) is 0. The number of ketones is 1. The van der Waals surface area contributed by atoms with Gasteiger partial charge in [0, 0.05) is 17.7 Å². The van der Waals surface area contributed by atoms with Crippen molar-refractivity contribution in [1.82, 2.24) is 9.97 Å². The van der Waals surface area contributed by atoms with Gasteiger partial charge in [0.2, 0.25) is 5.91 Å². The third kappa shape index (κ3) is 1.59. The van der Waals surface area contributed by atoms with Gasteiger partial charge in [0.25, 0.3) is 0 Å². The summed E-state index contributed by atoms with van der Waals surface area (Å²) in [4.78, 5) is 31.8. The zero-order chi connectivity index (χ0) is 14.5. The van der Waals surface area contributed by atoms with Crippen LogP contribution in [0, 0.1) is 0 Å². The molecular formula is C15H17N3O2. The molecule has 3 rings (SSSR count). The fraction of sp³-hybridized carbons (Fsp3) is 0.400. The largest absolute Gasteiger partial charge is 0.342 e. The van der Waals surface area contributed by atoms with Crippen LogP contribution in [0.25, 0.3) is 11.0 Å². The smallest absolute Gasteiger partial charge is 0.242 e. The number of aryl methyl sites for hydroxylation is 1. The van der Waals surface area contributed by atoms with Crippen LogP contribution in [-0.4, -0.2) is 21.7 Å². The van der Waals surface area contributed by atoms with Gasteiger partial charge in [-0.05, 0) is 32.4 Å². The number of anilines is 1. The average molecular weight is 271 g/mol. The van der Waals surface area contributed by atoms with E-state index >= 15 is 0 Å². The molecular weight excluding hydrogens is 254 g/mol. The van der Waals surface area contributed by atoms with Gasteiger partial charge in [-0.1, -0.05) is 6.92 Å². The molecule has 1 unspecified atom stereocenters. The second-order valence-electron chi connectivity index (χ2n) is 5.48. The maximum atomic E-state index is 12.1. The number of fused-ring (bicyclic) bond motifs is 2. The molecule has 5 heteroatoms. The molecule has 0 saturated heterocycles. The van der Waals surface area contributed by atoms with Crippen molar-refractivity contribution in [2.45, 2.75) is 39.0 Å². The molecule has 0 saturated carbocycles. The number of nitrogens with one attached hydrogen (secondary N) is 2. The van der Waals surface area contributed by atoms with Gasteiger partial charge in [-0.2, -0.15) is 0 Å². The number of H-pyrrole nitrogens is 1. The van der Waals surface area contributed by atoms with Crippen molar-refractivity contribution in [3.63, 3.8) is 0 Å². The fourth-order valence-electron chi connectivity index (χ4n) is 2.70. The summed E-state index contributed by atoms with van der Waals surface area (Å²) in [6.07, 6.45) is 1.90. The molecule has 104 valence electrons. The molecule has 0 fully saturated rings. The van der Waals surface area contributed by atoms with Crippen molar-refractivity contribution in [2.24, 2.45) is 0 Å². The first-order valence-electron chi connectivity index (χ1n) is 6.82. The van der Waals surface area contributed by atoms with Gasteiger partial charge < -0.3 is 10.3 Å². The Kier molecular flexibility index (Phi) is 2.67. The van der Waals surface area contributed by atoms with E-state index in [4.69, 9.17) is 0 Å². The Balaban J connectivity index is 2.19. The van der Waals surface area contributed by atoms with Gasteiger partial charge in [-0.15, -0.1) is 0 Å². The molecule has 1 aromatic heterocycles. The summed E-state index contributed by atoms with van der Waals surface area (Å²) in [5, 5.41) is 2.79. The molecule has 1 aliphatic rings. The standard InChI is InChI=1S/C15H17N3O2/c1-4-5-13-16-11-6-9-10(7-12(11)17-13)18-14(20)15(9,3)8(2)19/h6-7H,4-5H2,1-3H3,(H,16,17)(H,18,20). The van der Waals surface area contributed by atoms with Crippen molar-refractivity contribution in [3.8, 4) is 0 Å². The highest BCUT2D eigenvalue weighted by molar-refractivity contribution is 6.21.